The van der Waals surface area contributed by atoms with E-state index in [4.69, 9.17) is 9.84 Å². The van der Waals surface area contributed by atoms with Crippen LogP contribution in [0, 0.1) is 0 Å². The third kappa shape index (κ3) is 2.61. The van der Waals surface area contributed by atoms with Crippen molar-refractivity contribution in [1.82, 2.24) is 20.0 Å². The van der Waals surface area contributed by atoms with Gasteiger partial charge in [-0.15, -0.1) is 5.10 Å². The molecule has 0 aliphatic heterocycles. The topological polar surface area (TPSA) is 90.1 Å². The zero-order valence-electron chi connectivity index (χ0n) is 11.6. The minimum absolute atomic E-state index is 0.00114. The highest BCUT2D eigenvalue weighted by Gasteiger charge is 2.22. The van der Waals surface area contributed by atoms with Gasteiger partial charge < -0.3 is 9.84 Å². The summed E-state index contributed by atoms with van der Waals surface area (Å²) in [4.78, 5) is 15.3. The Morgan fingerprint density at radius 2 is 2.25 bits per heavy atom. The summed E-state index contributed by atoms with van der Waals surface area (Å²) in [5, 5.41) is 16.8. The van der Waals surface area contributed by atoms with E-state index in [0.29, 0.717) is 18.1 Å². The minimum Gasteiger partial charge on any atom is -0.481 e. The second kappa shape index (κ2) is 5.68. The number of aromatic carboxylic acids is 1. The molecule has 0 unspecified atom stereocenters. The van der Waals surface area contributed by atoms with Gasteiger partial charge in [0.1, 0.15) is 0 Å². The maximum atomic E-state index is 11.2. The Morgan fingerprint density at radius 3 is 2.85 bits per heavy atom. The lowest BCUT2D eigenvalue weighted by molar-refractivity contribution is 0.0688. The van der Waals surface area contributed by atoms with Crippen molar-refractivity contribution in [3.8, 4) is 5.88 Å². The molecule has 7 nitrogen and oxygen atoms in total. The Kier molecular flexibility index (Phi) is 3.97. The molecule has 0 saturated carbocycles. The predicted octanol–water partition coefficient (Wildman–Crippen LogP) is 1.55. The van der Waals surface area contributed by atoms with E-state index in [2.05, 4.69) is 15.3 Å². The van der Waals surface area contributed by atoms with Gasteiger partial charge in [0.15, 0.2) is 5.69 Å². The average molecular weight is 276 g/mol. The van der Waals surface area contributed by atoms with Crippen molar-refractivity contribution in [2.24, 2.45) is 0 Å². The number of hydrogen-bond acceptors (Lipinski definition) is 5. The number of rotatable bonds is 5. The maximum Gasteiger partial charge on any atom is 0.358 e. The van der Waals surface area contributed by atoms with Crippen molar-refractivity contribution < 1.29 is 14.6 Å². The number of methoxy groups -OCH3 is 1. The molecule has 0 aromatic carbocycles. The lowest BCUT2D eigenvalue weighted by Gasteiger charge is -2.11. The summed E-state index contributed by atoms with van der Waals surface area (Å²) in [7, 11) is 1.54. The van der Waals surface area contributed by atoms with Gasteiger partial charge >= 0.3 is 5.97 Å². The molecule has 2 rings (SSSR count). The number of carbonyl (C=O) groups is 1. The molecule has 0 saturated heterocycles. The van der Waals surface area contributed by atoms with E-state index >= 15 is 0 Å². The number of carboxylic acid groups (broad SMARTS) is 1. The van der Waals surface area contributed by atoms with Crippen LogP contribution in [0.1, 0.15) is 41.5 Å². The quantitative estimate of drug-likeness (QED) is 0.891. The summed E-state index contributed by atoms with van der Waals surface area (Å²) in [6.07, 6.45) is 1.63. The van der Waals surface area contributed by atoms with Crippen molar-refractivity contribution in [2.45, 2.75) is 26.3 Å². The van der Waals surface area contributed by atoms with Gasteiger partial charge in [-0.05, 0) is 12.0 Å². The molecule has 0 fully saturated rings. The highest BCUT2D eigenvalue weighted by molar-refractivity contribution is 5.86. The van der Waals surface area contributed by atoms with Gasteiger partial charge in [-0.1, -0.05) is 25.1 Å². The molecule has 0 amide bonds. The van der Waals surface area contributed by atoms with E-state index in [1.165, 1.54) is 0 Å². The summed E-state index contributed by atoms with van der Waals surface area (Å²) in [5.41, 5.74) is 1.39. The van der Waals surface area contributed by atoms with Crippen LogP contribution < -0.4 is 4.74 Å². The molecule has 0 aliphatic rings. The van der Waals surface area contributed by atoms with Crippen LogP contribution in [-0.2, 0) is 6.54 Å². The molecule has 0 atom stereocenters. The van der Waals surface area contributed by atoms with Gasteiger partial charge in [-0.25, -0.2) is 14.5 Å². The van der Waals surface area contributed by atoms with Crippen LogP contribution in [0.2, 0.25) is 0 Å². The molecule has 0 radical (unpaired) electrons. The Hall–Kier alpha value is -2.44. The fraction of sp³-hybridized carbons (Fsp3) is 0.385. The standard InChI is InChI=1S/C13H16N4O3/c1-8(2)11-10(13(18)19)15-16-17(11)7-9-5-4-6-14-12(9)20-3/h4-6,8H,7H2,1-3H3,(H,18,19). The fourth-order valence-electron chi connectivity index (χ4n) is 2.05. The first-order valence-electron chi connectivity index (χ1n) is 6.19. The van der Waals surface area contributed by atoms with Crippen LogP contribution in [0.15, 0.2) is 18.3 Å². The van der Waals surface area contributed by atoms with Crippen LogP contribution in [-0.4, -0.2) is 38.2 Å². The summed E-state index contributed by atoms with van der Waals surface area (Å²) in [6.45, 7) is 4.18. The zero-order chi connectivity index (χ0) is 14.7. The lowest BCUT2D eigenvalue weighted by Crippen LogP contribution is -2.11. The molecule has 0 bridgehead atoms. The summed E-state index contributed by atoms with van der Waals surface area (Å²) in [5.74, 6) is -0.577. The Morgan fingerprint density at radius 1 is 1.50 bits per heavy atom. The van der Waals surface area contributed by atoms with Crippen molar-refractivity contribution in [3.63, 3.8) is 0 Å². The van der Waals surface area contributed by atoms with E-state index in [1.54, 1.807) is 24.1 Å². The van der Waals surface area contributed by atoms with E-state index in [-0.39, 0.29) is 11.6 Å². The Bertz CT molecular complexity index is 622. The minimum atomic E-state index is -1.07. The first-order chi connectivity index (χ1) is 9.54. The second-order valence-corrected chi connectivity index (χ2v) is 4.61. The van der Waals surface area contributed by atoms with Gasteiger partial charge in [-0.3, -0.25) is 0 Å². The molecular formula is C13H16N4O3. The number of carboxylic acids is 1. The van der Waals surface area contributed by atoms with E-state index < -0.39 is 5.97 Å². The predicted molar refractivity (Wildman–Crippen MR) is 71.0 cm³/mol. The van der Waals surface area contributed by atoms with Crippen molar-refractivity contribution in [3.05, 3.63) is 35.3 Å². The monoisotopic (exact) mass is 276 g/mol. The summed E-state index contributed by atoms with van der Waals surface area (Å²) < 4.78 is 6.76. The van der Waals surface area contributed by atoms with Crippen molar-refractivity contribution in [2.75, 3.05) is 7.11 Å². The van der Waals surface area contributed by atoms with Crippen LogP contribution in [0.3, 0.4) is 0 Å². The van der Waals surface area contributed by atoms with E-state index in [9.17, 15) is 4.79 Å². The third-order valence-corrected chi connectivity index (χ3v) is 2.89. The highest BCUT2D eigenvalue weighted by atomic mass is 16.5. The molecule has 2 heterocycles. The van der Waals surface area contributed by atoms with E-state index in [0.717, 1.165) is 5.56 Å². The van der Waals surface area contributed by atoms with Gasteiger partial charge in [0.05, 0.1) is 19.3 Å². The number of aromatic nitrogens is 4. The first kappa shape index (κ1) is 14.0. The second-order valence-electron chi connectivity index (χ2n) is 4.61. The van der Waals surface area contributed by atoms with Gasteiger partial charge in [0.2, 0.25) is 5.88 Å². The zero-order valence-corrected chi connectivity index (χ0v) is 11.6. The van der Waals surface area contributed by atoms with Crippen LogP contribution in [0.4, 0.5) is 0 Å². The number of ether oxygens (including phenoxy) is 1. The Labute approximate surface area is 116 Å². The number of pyridine rings is 1. The number of nitrogens with zero attached hydrogens (tertiary/aromatic N) is 4. The van der Waals surface area contributed by atoms with Gasteiger partial charge in [0.25, 0.3) is 0 Å². The smallest absolute Gasteiger partial charge is 0.358 e. The molecule has 20 heavy (non-hydrogen) atoms. The largest absolute Gasteiger partial charge is 0.481 e. The normalized spacial score (nSPS) is 10.8. The third-order valence-electron chi connectivity index (χ3n) is 2.89. The van der Waals surface area contributed by atoms with Gasteiger partial charge in [0, 0.05) is 11.8 Å². The summed E-state index contributed by atoms with van der Waals surface area (Å²) in [6, 6.07) is 3.65. The molecule has 106 valence electrons. The van der Waals surface area contributed by atoms with Crippen LogP contribution in [0.25, 0.3) is 0 Å². The molecule has 0 aliphatic carbocycles. The van der Waals surface area contributed by atoms with E-state index in [1.807, 2.05) is 19.9 Å². The van der Waals surface area contributed by atoms with Crippen molar-refractivity contribution >= 4 is 5.97 Å². The van der Waals surface area contributed by atoms with Crippen LogP contribution >= 0.6 is 0 Å². The fourth-order valence-corrected chi connectivity index (χ4v) is 2.05. The molecule has 1 N–H and O–H groups in total. The number of hydrogen-bond donors (Lipinski definition) is 1. The molecule has 2 aromatic rings. The molecule has 7 heteroatoms. The molecule has 2 aromatic heterocycles. The maximum absolute atomic E-state index is 11.2. The SMILES string of the molecule is COc1ncccc1Cn1nnc(C(=O)O)c1C(C)C. The van der Waals surface area contributed by atoms with Gasteiger partial charge in [-0.2, -0.15) is 0 Å². The lowest BCUT2D eigenvalue weighted by atomic mass is 10.1. The molecular weight excluding hydrogens is 260 g/mol. The summed E-state index contributed by atoms with van der Waals surface area (Å²) >= 11 is 0. The highest BCUT2D eigenvalue weighted by Crippen LogP contribution is 2.21. The Balaban J connectivity index is 2.41. The van der Waals surface area contributed by atoms with Crippen LogP contribution in [0.5, 0.6) is 5.88 Å². The first-order valence-corrected chi connectivity index (χ1v) is 6.19. The molecule has 0 spiro atoms. The van der Waals surface area contributed by atoms with Crippen molar-refractivity contribution in [1.29, 1.82) is 0 Å². The average Bonchev–Trinajstić information content (AvgIpc) is 2.83.